The first kappa shape index (κ1) is 26.5. The summed E-state index contributed by atoms with van der Waals surface area (Å²) in [5.41, 5.74) is 2.84. The molecule has 2 saturated heterocycles. The topological polar surface area (TPSA) is 98.7 Å². The van der Waals surface area contributed by atoms with Crippen molar-refractivity contribution in [2.45, 2.75) is 50.6 Å². The minimum Gasteiger partial charge on any atom is -0.473 e. The van der Waals surface area contributed by atoms with Gasteiger partial charge < -0.3 is 20.8 Å². The molecular weight excluding hydrogens is 540 g/mol. The molecule has 174 valence electrons. The van der Waals surface area contributed by atoms with Crippen molar-refractivity contribution in [1.82, 2.24) is 10.6 Å². The fourth-order valence-corrected chi connectivity index (χ4v) is 4.19. The molecule has 2 aliphatic heterocycles. The number of carboxylic acid groups (broad SMARTS) is 2. The first-order valence-corrected chi connectivity index (χ1v) is 12.4. The van der Waals surface area contributed by atoms with Gasteiger partial charge in [0.05, 0.1) is 0 Å². The van der Waals surface area contributed by atoms with Crippen molar-refractivity contribution >= 4 is 43.8 Å². The Morgan fingerprint density at radius 3 is 1.25 bits per heavy atom. The van der Waals surface area contributed by atoms with Gasteiger partial charge in [-0.15, -0.1) is 0 Å². The summed E-state index contributed by atoms with van der Waals surface area (Å²) in [5.74, 6) is -3.65. The monoisotopic (exact) mass is 568 g/mol. The smallest absolute Gasteiger partial charge is 0.414 e. The predicted octanol–water partition coefficient (Wildman–Crippen LogP) is 5.68. The molecule has 2 unspecified atom stereocenters. The molecule has 8 heteroatoms. The van der Waals surface area contributed by atoms with Crippen LogP contribution in [-0.2, 0) is 9.59 Å². The third-order valence-electron chi connectivity index (χ3n) is 5.35. The highest BCUT2D eigenvalue weighted by atomic mass is 79.9. The first-order chi connectivity index (χ1) is 15.4. The lowest BCUT2D eigenvalue weighted by Gasteiger charge is -2.23. The van der Waals surface area contributed by atoms with E-state index in [-0.39, 0.29) is 0 Å². The molecule has 2 atom stereocenters. The maximum atomic E-state index is 9.10. The number of carbonyl (C=O) groups is 2. The molecule has 2 heterocycles. The molecule has 0 aliphatic carbocycles. The number of nitrogens with one attached hydrogen (secondary N) is 2. The van der Waals surface area contributed by atoms with Crippen molar-refractivity contribution in [1.29, 1.82) is 0 Å². The number of rotatable bonds is 2. The van der Waals surface area contributed by atoms with Gasteiger partial charge in [0.25, 0.3) is 0 Å². The fraction of sp³-hybridized carbons (Fsp3) is 0.417. The number of carboxylic acids is 2. The molecule has 32 heavy (non-hydrogen) atoms. The maximum Gasteiger partial charge on any atom is 0.414 e. The summed E-state index contributed by atoms with van der Waals surface area (Å²) in [6.07, 6.45) is 7.92. The van der Waals surface area contributed by atoms with E-state index in [9.17, 15) is 0 Å². The summed E-state index contributed by atoms with van der Waals surface area (Å²) >= 11 is 6.90. The van der Waals surface area contributed by atoms with Crippen LogP contribution in [0, 0.1) is 0 Å². The van der Waals surface area contributed by atoms with Crippen LogP contribution >= 0.6 is 31.9 Å². The molecule has 0 aromatic heterocycles. The second-order valence-electron chi connectivity index (χ2n) is 7.72. The zero-order valence-corrected chi connectivity index (χ0v) is 21.1. The van der Waals surface area contributed by atoms with E-state index < -0.39 is 11.9 Å². The highest BCUT2D eigenvalue weighted by molar-refractivity contribution is 9.10. The Morgan fingerprint density at radius 2 is 1.00 bits per heavy atom. The van der Waals surface area contributed by atoms with Crippen LogP contribution in [0.4, 0.5) is 0 Å². The lowest BCUT2D eigenvalue weighted by molar-refractivity contribution is -0.159. The molecule has 2 aromatic rings. The second-order valence-corrected chi connectivity index (χ2v) is 9.55. The van der Waals surface area contributed by atoms with Gasteiger partial charge in [0.2, 0.25) is 0 Å². The number of hydrogen-bond donors (Lipinski definition) is 4. The maximum absolute atomic E-state index is 9.10. The van der Waals surface area contributed by atoms with Gasteiger partial charge in [0.15, 0.2) is 0 Å². The Labute approximate surface area is 206 Å². The Kier molecular flexibility index (Phi) is 11.9. The van der Waals surface area contributed by atoms with Crippen LogP contribution in [0.15, 0.2) is 57.5 Å². The van der Waals surface area contributed by atoms with Crippen LogP contribution < -0.4 is 10.6 Å². The van der Waals surface area contributed by atoms with Gasteiger partial charge in [-0.25, -0.2) is 9.59 Å². The fourth-order valence-electron chi connectivity index (χ4n) is 3.66. The molecule has 4 rings (SSSR count). The standard InChI is InChI=1S/2C11H14BrN.C2H2O4/c2*12-10-6-4-9(5-7-10)11-3-1-2-8-13-11;3-1(4)2(5)6/h2*4-7,11,13H,1-3,8H2;(H,3,4)(H,5,6). The van der Waals surface area contributed by atoms with E-state index in [1.165, 1.54) is 62.7 Å². The molecule has 0 amide bonds. The molecule has 0 bridgehead atoms. The molecule has 0 saturated carbocycles. The molecule has 0 spiro atoms. The molecular formula is C24H30Br2N2O4. The number of halogens is 2. The van der Waals surface area contributed by atoms with Gasteiger partial charge in [-0.05, 0) is 74.2 Å². The summed E-state index contributed by atoms with van der Waals surface area (Å²) in [6, 6.07) is 18.4. The van der Waals surface area contributed by atoms with Crippen LogP contribution in [0.5, 0.6) is 0 Å². The zero-order chi connectivity index (χ0) is 23.3. The van der Waals surface area contributed by atoms with Crippen molar-refractivity contribution in [2.75, 3.05) is 13.1 Å². The zero-order valence-electron chi connectivity index (χ0n) is 17.9. The summed E-state index contributed by atoms with van der Waals surface area (Å²) in [6.45, 7) is 2.33. The van der Waals surface area contributed by atoms with Crippen LogP contribution in [0.25, 0.3) is 0 Å². The summed E-state index contributed by atoms with van der Waals surface area (Å²) in [4.78, 5) is 18.2. The first-order valence-electron chi connectivity index (χ1n) is 10.8. The van der Waals surface area contributed by atoms with Crippen molar-refractivity contribution in [3.05, 3.63) is 68.6 Å². The minimum absolute atomic E-state index is 0.585. The minimum atomic E-state index is -1.82. The Morgan fingerprint density at radius 1 is 0.656 bits per heavy atom. The summed E-state index contributed by atoms with van der Waals surface area (Å²) in [7, 11) is 0. The largest absolute Gasteiger partial charge is 0.473 e. The number of benzene rings is 2. The Balaban J connectivity index is 0.000000183. The van der Waals surface area contributed by atoms with E-state index in [2.05, 4.69) is 91.0 Å². The van der Waals surface area contributed by atoms with E-state index in [0.717, 1.165) is 8.95 Å². The SMILES string of the molecule is Brc1ccc(C2CCCCN2)cc1.Brc1ccc(C2CCCCN2)cc1.O=C(O)C(=O)O. The summed E-state index contributed by atoms with van der Waals surface area (Å²) in [5, 5.41) is 21.9. The van der Waals surface area contributed by atoms with Gasteiger partial charge in [0.1, 0.15) is 0 Å². The lowest BCUT2D eigenvalue weighted by Crippen LogP contribution is -2.26. The summed E-state index contributed by atoms with van der Waals surface area (Å²) < 4.78 is 2.32. The van der Waals surface area contributed by atoms with Gasteiger partial charge in [-0.1, -0.05) is 69.0 Å². The van der Waals surface area contributed by atoms with Gasteiger partial charge in [-0.3, -0.25) is 0 Å². The van der Waals surface area contributed by atoms with Crippen LogP contribution in [0.1, 0.15) is 61.7 Å². The quantitative estimate of drug-likeness (QED) is 0.347. The highest BCUT2D eigenvalue weighted by Gasteiger charge is 2.14. The lowest BCUT2D eigenvalue weighted by atomic mass is 9.98. The van der Waals surface area contributed by atoms with E-state index in [0.29, 0.717) is 12.1 Å². The number of aliphatic carboxylic acids is 2. The van der Waals surface area contributed by atoms with Crippen LogP contribution in [-0.4, -0.2) is 35.2 Å². The third kappa shape index (κ3) is 9.81. The van der Waals surface area contributed by atoms with E-state index >= 15 is 0 Å². The van der Waals surface area contributed by atoms with Crippen molar-refractivity contribution in [3.8, 4) is 0 Å². The third-order valence-corrected chi connectivity index (χ3v) is 6.41. The molecule has 2 aliphatic rings. The molecule has 2 aromatic carbocycles. The predicted molar refractivity (Wildman–Crippen MR) is 133 cm³/mol. The van der Waals surface area contributed by atoms with E-state index in [4.69, 9.17) is 19.8 Å². The Bertz CT molecular complexity index is 761. The second kappa shape index (κ2) is 14.4. The van der Waals surface area contributed by atoms with Crippen molar-refractivity contribution < 1.29 is 19.8 Å². The van der Waals surface area contributed by atoms with E-state index in [1.54, 1.807) is 0 Å². The van der Waals surface area contributed by atoms with Gasteiger partial charge >= 0.3 is 11.9 Å². The van der Waals surface area contributed by atoms with Crippen LogP contribution in [0.3, 0.4) is 0 Å². The van der Waals surface area contributed by atoms with Crippen molar-refractivity contribution in [3.63, 3.8) is 0 Å². The Hall–Kier alpha value is -1.74. The van der Waals surface area contributed by atoms with Crippen molar-refractivity contribution in [2.24, 2.45) is 0 Å². The van der Waals surface area contributed by atoms with Gasteiger partial charge in [0, 0.05) is 21.0 Å². The highest BCUT2D eigenvalue weighted by Crippen LogP contribution is 2.25. The number of piperidine rings is 2. The van der Waals surface area contributed by atoms with Gasteiger partial charge in [-0.2, -0.15) is 0 Å². The molecule has 2 fully saturated rings. The van der Waals surface area contributed by atoms with E-state index in [1.807, 2.05) is 0 Å². The van der Waals surface area contributed by atoms with Crippen LogP contribution in [0.2, 0.25) is 0 Å². The average Bonchev–Trinajstić information content (AvgIpc) is 2.82. The molecule has 6 nitrogen and oxygen atoms in total. The average molecular weight is 570 g/mol. The number of hydrogen-bond acceptors (Lipinski definition) is 4. The normalized spacial score (nSPS) is 20.1. The molecule has 0 radical (unpaired) electrons. The molecule has 4 N–H and O–H groups in total.